The summed E-state index contributed by atoms with van der Waals surface area (Å²) in [6.45, 7) is 3.40. The fraction of sp³-hybridized carbons (Fsp3) is 0.250. The molecule has 4 bridgehead atoms. The highest BCUT2D eigenvalue weighted by Crippen LogP contribution is 2.32. The van der Waals surface area contributed by atoms with E-state index >= 15 is 0 Å². The van der Waals surface area contributed by atoms with E-state index in [1.165, 1.54) is 6.07 Å². The number of carbonyl (C=O) groups excluding carboxylic acids is 1. The van der Waals surface area contributed by atoms with Crippen LogP contribution in [0.1, 0.15) is 16.1 Å². The zero-order valence-corrected chi connectivity index (χ0v) is 18.4. The Balaban J connectivity index is 1.69. The van der Waals surface area contributed by atoms with E-state index in [0.29, 0.717) is 54.5 Å². The number of halogens is 1. The summed E-state index contributed by atoms with van der Waals surface area (Å²) in [5, 5.41) is 7.35. The SMILES string of the molecule is Cc1cc(N2CCOCCNC(=O)c3cc(nn3C)-c3ccc4nccc2c4n3)ccc1F. The smallest absolute Gasteiger partial charge is 0.269 e. The molecule has 1 aliphatic rings. The lowest BCUT2D eigenvalue weighted by atomic mass is 10.1. The van der Waals surface area contributed by atoms with Crippen molar-refractivity contribution in [2.45, 2.75) is 6.92 Å². The maximum absolute atomic E-state index is 14.0. The van der Waals surface area contributed by atoms with Crippen LogP contribution < -0.4 is 10.2 Å². The number of nitrogens with one attached hydrogen (secondary N) is 1. The van der Waals surface area contributed by atoms with Gasteiger partial charge in [0.1, 0.15) is 22.7 Å². The lowest BCUT2D eigenvalue weighted by molar-refractivity contribution is 0.0910. The van der Waals surface area contributed by atoms with E-state index < -0.39 is 0 Å². The van der Waals surface area contributed by atoms with E-state index in [4.69, 9.17) is 9.72 Å². The van der Waals surface area contributed by atoms with Gasteiger partial charge in [-0.1, -0.05) is 0 Å². The molecule has 0 atom stereocenters. The molecule has 0 unspecified atom stereocenters. The van der Waals surface area contributed by atoms with Crippen LogP contribution in [-0.2, 0) is 11.8 Å². The molecule has 1 aliphatic heterocycles. The number of pyridine rings is 2. The molecule has 0 fully saturated rings. The van der Waals surface area contributed by atoms with Gasteiger partial charge in [0.25, 0.3) is 5.91 Å². The van der Waals surface area contributed by atoms with E-state index in [2.05, 4.69) is 20.3 Å². The zero-order chi connectivity index (χ0) is 22.9. The standard InChI is InChI=1S/C24H23FN6O2/c1-15-13-16(3-4-17(15)25)31-10-12-33-11-9-27-24(32)22-14-20(29-30(22)2)18-5-6-19-23(28-18)21(31)7-8-26-19/h3-8,13-14H,9-12H2,1-2H3,(H,27,32). The van der Waals surface area contributed by atoms with Crippen molar-refractivity contribution < 1.29 is 13.9 Å². The van der Waals surface area contributed by atoms with E-state index in [1.54, 1.807) is 37.0 Å². The molecular weight excluding hydrogens is 423 g/mol. The minimum absolute atomic E-state index is 0.221. The molecule has 8 nitrogen and oxygen atoms in total. The first-order valence-electron chi connectivity index (χ1n) is 10.7. The number of anilines is 2. The van der Waals surface area contributed by atoms with Gasteiger partial charge in [0.05, 0.1) is 30.1 Å². The molecule has 3 aromatic heterocycles. The molecule has 0 radical (unpaired) electrons. The van der Waals surface area contributed by atoms with Crippen LogP contribution in [0.3, 0.4) is 0 Å². The Hall–Kier alpha value is -3.85. The molecule has 4 heterocycles. The van der Waals surface area contributed by atoms with Crippen LogP contribution in [0.5, 0.6) is 0 Å². The molecule has 168 valence electrons. The Kier molecular flexibility index (Phi) is 5.47. The number of carbonyl (C=O) groups is 1. The highest BCUT2D eigenvalue weighted by atomic mass is 19.1. The molecule has 0 saturated heterocycles. The second-order valence-electron chi connectivity index (χ2n) is 7.89. The third-order valence-electron chi connectivity index (χ3n) is 5.67. The summed E-state index contributed by atoms with van der Waals surface area (Å²) in [5.41, 5.74) is 5.29. The van der Waals surface area contributed by atoms with Gasteiger partial charge in [0.15, 0.2) is 0 Å². The topological polar surface area (TPSA) is 85.2 Å². The fourth-order valence-corrected chi connectivity index (χ4v) is 3.95. The van der Waals surface area contributed by atoms with Gasteiger partial charge in [0.2, 0.25) is 0 Å². The summed E-state index contributed by atoms with van der Waals surface area (Å²) in [6.07, 6.45) is 1.74. The van der Waals surface area contributed by atoms with Crippen LogP contribution in [0.15, 0.2) is 48.7 Å². The third kappa shape index (κ3) is 4.03. The Morgan fingerprint density at radius 2 is 1.97 bits per heavy atom. The van der Waals surface area contributed by atoms with E-state index in [-0.39, 0.29) is 11.7 Å². The second-order valence-corrected chi connectivity index (χ2v) is 7.89. The monoisotopic (exact) mass is 446 g/mol. The van der Waals surface area contributed by atoms with Crippen molar-refractivity contribution in [3.8, 4) is 11.4 Å². The molecule has 9 heteroatoms. The van der Waals surface area contributed by atoms with Gasteiger partial charge in [-0.3, -0.25) is 14.5 Å². The van der Waals surface area contributed by atoms with E-state index in [0.717, 1.165) is 16.9 Å². The Bertz CT molecular complexity index is 1350. The average molecular weight is 446 g/mol. The van der Waals surface area contributed by atoms with Gasteiger partial charge in [-0.15, -0.1) is 0 Å². The molecule has 1 amide bonds. The van der Waals surface area contributed by atoms with E-state index in [1.807, 2.05) is 24.3 Å². The van der Waals surface area contributed by atoms with E-state index in [9.17, 15) is 9.18 Å². The normalized spacial score (nSPS) is 14.8. The summed E-state index contributed by atoms with van der Waals surface area (Å²) in [4.78, 5) is 24.0. The lowest BCUT2D eigenvalue weighted by Gasteiger charge is -2.26. The minimum Gasteiger partial charge on any atom is -0.378 e. The number of benzene rings is 1. The summed E-state index contributed by atoms with van der Waals surface area (Å²) < 4.78 is 21.3. The van der Waals surface area contributed by atoms with Crippen LogP contribution in [-0.4, -0.2) is 52.0 Å². The van der Waals surface area contributed by atoms with Crippen LogP contribution in [0.4, 0.5) is 15.8 Å². The lowest BCUT2D eigenvalue weighted by Crippen LogP contribution is -2.30. The molecule has 0 saturated carbocycles. The van der Waals surface area contributed by atoms with Crippen molar-refractivity contribution in [2.75, 3.05) is 31.2 Å². The summed E-state index contributed by atoms with van der Waals surface area (Å²) in [5.74, 6) is -0.476. The molecule has 0 aliphatic carbocycles. The van der Waals surface area contributed by atoms with Crippen molar-refractivity contribution in [2.24, 2.45) is 7.05 Å². The quantitative estimate of drug-likeness (QED) is 0.483. The predicted molar refractivity (Wildman–Crippen MR) is 123 cm³/mol. The molecule has 1 aromatic carbocycles. The first-order chi connectivity index (χ1) is 16.0. The molecule has 33 heavy (non-hydrogen) atoms. The van der Waals surface area contributed by atoms with Crippen LogP contribution in [0.25, 0.3) is 22.4 Å². The number of hydrogen-bond donors (Lipinski definition) is 1. The van der Waals surface area contributed by atoms with Crippen LogP contribution in [0, 0.1) is 12.7 Å². The third-order valence-corrected chi connectivity index (χ3v) is 5.67. The number of hydrogen-bond acceptors (Lipinski definition) is 6. The molecule has 1 N–H and O–H groups in total. The van der Waals surface area contributed by atoms with Crippen molar-refractivity contribution in [3.05, 3.63) is 65.7 Å². The number of ether oxygens (including phenoxy) is 1. The predicted octanol–water partition coefficient (Wildman–Crippen LogP) is 3.38. The Labute approximate surface area is 190 Å². The first kappa shape index (κ1) is 21.0. The van der Waals surface area contributed by atoms with Crippen molar-refractivity contribution in [3.63, 3.8) is 0 Å². The highest BCUT2D eigenvalue weighted by molar-refractivity contribution is 5.94. The van der Waals surface area contributed by atoms with Crippen LogP contribution in [0.2, 0.25) is 0 Å². The van der Waals surface area contributed by atoms with Crippen molar-refractivity contribution in [1.29, 1.82) is 0 Å². The maximum atomic E-state index is 14.0. The average Bonchev–Trinajstić information content (AvgIpc) is 3.21. The molecule has 0 spiro atoms. The number of aryl methyl sites for hydroxylation is 2. The fourth-order valence-electron chi connectivity index (χ4n) is 3.95. The highest BCUT2D eigenvalue weighted by Gasteiger charge is 2.19. The summed E-state index contributed by atoms with van der Waals surface area (Å²) in [7, 11) is 1.73. The van der Waals surface area contributed by atoms with Gasteiger partial charge in [0, 0.05) is 32.0 Å². The maximum Gasteiger partial charge on any atom is 0.269 e. The Morgan fingerprint density at radius 1 is 1.09 bits per heavy atom. The minimum atomic E-state index is -0.255. The van der Waals surface area contributed by atoms with Crippen molar-refractivity contribution in [1.82, 2.24) is 25.1 Å². The van der Waals surface area contributed by atoms with Gasteiger partial charge >= 0.3 is 0 Å². The van der Waals surface area contributed by atoms with Crippen LogP contribution >= 0.6 is 0 Å². The molecule has 5 rings (SSSR count). The zero-order valence-electron chi connectivity index (χ0n) is 18.4. The Morgan fingerprint density at radius 3 is 2.82 bits per heavy atom. The first-order valence-corrected chi connectivity index (χ1v) is 10.7. The largest absolute Gasteiger partial charge is 0.378 e. The number of amides is 1. The second kappa shape index (κ2) is 8.59. The van der Waals surface area contributed by atoms with Gasteiger partial charge in [-0.25, -0.2) is 9.37 Å². The van der Waals surface area contributed by atoms with Crippen molar-refractivity contribution >= 4 is 28.3 Å². The van der Waals surface area contributed by atoms with Gasteiger partial charge in [-0.05, 0) is 55.0 Å². The van der Waals surface area contributed by atoms with Gasteiger partial charge < -0.3 is 15.0 Å². The number of aromatic nitrogens is 4. The number of nitrogens with zero attached hydrogens (tertiary/aromatic N) is 5. The summed E-state index contributed by atoms with van der Waals surface area (Å²) in [6, 6.07) is 12.4. The summed E-state index contributed by atoms with van der Waals surface area (Å²) >= 11 is 0. The number of fused-ring (bicyclic) bond motifs is 4. The number of rotatable bonds is 1. The van der Waals surface area contributed by atoms with Gasteiger partial charge in [-0.2, -0.15) is 5.10 Å². The molecular formula is C24H23FN6O2. The molecule has 4 aromatic rings.